The molecule has 1 aliphatic heterocycles. The van der Waals surface area contributed by atoms with Gasteiger partial charge in [-0.2, -0.15) is 0 Å². The van der Waals surface area contributed by atoms with E-state index in [0.29, 0.717) is 5.57 Å². The number of fused-ring (bicyclic) bond motifs is 2. The number of aromatic nitrogens is 2. The van der Waals surface area contributed by atoms with E-state index in [0.717, 1.165) is 27.8 Å². The van der Waals surface area contributed by atoms with Gasteiger partial charge in [0.15, 0.2) is 0 Å². The van der Waals surface area contributed by atoms with Gasteiger partial charge in [-0.25, -0.2) is 4.98 Å². The molecule has 0 saturated heterocycles. The Labute approximate surface area is 115 Å². The molecule has 0 atom stereocenters. The van der Waals surface area contributed by atoms with E-state index in [9.17, 15) is 4.79 Å². The van der Waals surface area contributed by atoms with Gasteiger partial charge >= 0.3 is 0 Å². The third kappa shape index (κ3) is 1.62. The Morgan fingerprint density at radius 3 is 2.95 bits per heavy atom. The van der Waals surface area contributed by atoms with Crippen LogP contribution in [0.5, 0.6) is 0 Å². The van der Waals surface area contributed by atoms with Crippen molar-refractivity contribution in [2.45, 2.75) is 0 Å². The van der Waals surface area contributed by atoms with Gasteiger partial charge in [0.2, 0.25) is 0 Å². The number of hydrogen-bond donors (Lipinski definition) is 2. The summed E-state index contributed by atoms with van der Waals surface area (Å²) in [5, 5.41) is 2.87. The van der Waals surface area contributed by atoms with Crippen LogP contribution in [-0.2, 0) is 4.79 Å². The number of anilines is 1. The molecule has 4 rings (SSSR count). The number of benzene rings is 2. The molecule has 2 heterocycles. The summed E-state index contributed by atoms with van der Waals surface area (Å²) >= 11 is 0. The van der Waals surface area contributed by atoms with Gasteiger partial charge in [0, 0.05) is 16.8 Å². The van der Waals surface area contributed by atoms with Crippen molar-refractivity contribution in [3.63, 3.8) is 0 Å². The van der Waals surface area contributed by atoms with Crippen LogP contribution in [0.4, 0.5) is 5.69 Å². The van der Waals surface area contributed by atoms with Crippen molar-refractivity contribution in [1.29, 1.82) is 0 Å². The van der Waals surface area contributed by atoms with Crippen LogP contribution in [0.2, 0.25) is 0 Å². The summed E-state index contributed by atoms with van der Waals surface area (Å²) in [7, 11) is 0. The fourth-order valence-electron chi connectivity index (χ4n) is 2.49. The zero-order valence-electron chi connectivity index (χ0n) is 10.6. The molecule has 2 aromatic carbocycles. The quantitative estimate of drug-likeness (QED) is 0.661. The fourth-order valence-corrected chi connectivity index (χ4v) is 2.49. The highest BCUT2D eigenvalue weighted by atomic mass is 16.2. The second-order valence-electron chi connectivity index (χ2n) is 4.74. The average molecular weight is 261 g/mol. The Bertz CT molecular complexity index is 861. The van der Waals surface area contributed by atoms with Crippen molar-refractivity contribution < 1.29 is 4.79 Å². The molecule has 96 valence electrons. The molecule has 0 unspecified atom stereocenters. The van der Waals surface area contributed by atoms with Crippen LogP contribution in [0, 0.1) is 0 Å². The first-order valence-electron chi connectivity index (χ1n) is 6.37. The lowest BCUT2D eigenvalue weighted by molar-refractivity contribution is -0.110. The molecule has 20 heavy (non-hydrogen) atoms. The van der Waals surface area contributed by atoms with Gasteiger partial charge in [-0.1, -0.05) is 24.3 Å². The van der Waals surface area contributed by atoms with E-state index in [-0.39, 0.29) is 5.91 Å². The standard InChI is InChI=1S/C16H11N3O/c20-16-12(11-3-1-2-4-13(11)19-16)7-10-5-6-14-15(8-10)18-9-17-14/h1-9H,(H,17,18)(H,19,20). The summed E-state index contributed by atoms with van der Waals surface area (Å²) in [6.07, 6.45) is 3.56. The predicted octanol–water partition coefficient (Wildman–Crippen LogP) is 3.06. The van der Waals surface area contributed by atoms with Crippen LogP contribution in [0.15, 0.2) is 48.8 Å². The molecule has 0 spiro atoms. The van der Waals surface area contributed by atoms with Crippen LogP contribution >= 0.6 is 0 Å². The Morgan fingerprint density at radius 1 is 1.10 bits per heavy atom. The first kappa shape index (κ1) is 11.0. The van der Waals surface area contributed by atoms with Gasteiger partial charge < -0.3 is 10.3 Å². The van der Waals surface area contributed by atoms with Crippen LogP contribution in [0.25, 0.3) is 22.7 Å². The molecule has 0 fully saturated rings. The third-order valence-corrected chi connectivity index (χ3v) is 3.47. The Morgan fingerprint density at radius 2 is 2.00 bits per heavy atom. The summed E-state index contributed by atoms with van der Waals surface area (Å²) < 4.78 is 0. The Balaban J connectivity index is 1.85. The lowest BCUT2D eigenvalue weighted by atomic mass is 10.0. The summed E-state index contributed by atoms with van der Waals surface area (Å²) in [4.78, 5) is 19.3. The van der Waals surface area contributed by atoms with Gasteiger partial charge in [-0.05, 0) is 29.8 Å². The SMILES string of the molecule is O=C1Nc2ccccc2C1=Cc1ccc2[nH]cnc2c1. The number of carbonyl (C=O) groups is 1. The molecular formula is C16H11N3O. The predicted molar refractivity (Wildman–Crippen MR) is 79.0 cm³/mol. The molecule has 4 heteroatoms. The maximum absolute atomic E-state index is 12.0. The highest BCUT2D eigenvalue weighted by Crippen LogP contribution is 2.32. The van der Waals surface area contributed by atoms with Gasteiger partial charge in [0.05, 0.1) is 17.4 Å². The smallest absolute Gasteiger partial charge is 0.256 e. The molecule has 0 aliphatic carbocycles. The monoisotopic (exact) mass is 261 g/mol. The molecule has 3 aromatic rings. The lowest BCUT2D eigenvalue weighted by Crippen LogP contribution is -2.03. The van der Waals surface area contributed by atoms with E-state index in [1.165, 1.54) is 0 Å². The molecular weight excluding hydrogens is 250 g/mol. The van der Waals surface area contributed by atoms with Crippen LogP contribution in [-0.4, -0.2) is 15.9 Å². The van der Waals surface area contributed by atoms with E-state index in [1.807, 2.05) is 48.5 Å². The second-order valence-corrected chi connectivity index (χ2v) is 4.74. The maximum Gasteiger partial charge on any atom is 0.256 e. The molecule has 1 aliphatic rings. The third-order valence-electron chi connectivity index (χ3n) is 3.47. The normalized spacial score (nSPS) is 15.6. The van der Waals surface area contributed by atoms with Crippen LogP contribution in [0.1, 0.15) is 11.1 Å². The van der Waals surface area contributed by atoms with Crippen molar-refractivity contribution in [2.75, 3.05) is 5.32 Å². The lowest BCUT2D eigenvalue weighted by Gasteiger charge is -1.98. The number of hydrogen-bond acceptors (Lipinski definition) is 2. The number of amides is 1. The van der Waals surface area contributed by atoms with Crippen molar-refractivity contribution in [3.8, 4) is 0 Å². The van der Waals surface area contributed by atoms with Crippen molar-refractivity contribution in [3.05, 3.63) is 59.9 Å². The molecule has 0 bridgehead atoms. The van der Waals surface area contributed by atoms with Gasteiger partial charge in [0.1, 0.15) is 0 Å². The van der Waals surface area contributed by atoms with Crippen LogP contribution < -0.4 is 5.32 Å². The number of nitrogens with zero attached hydrogens (tertiary/aromatic N) is 1. The number of carbonyl (C=O) groups excluding carboxylic acids is 1. The zero-order chi connectivity index (χ0) is 13.5. The first-order chi connectivity index (χ1) is 9.81. The Hall–Kier alpha value is -2.88. The Kier molecular flexibility index (Phi) is 2.23. The molecule has 1 amide bonds. The van der Waals surface area contributed by atoms with Gasteiger partial charge in [-0.15, -0.1) is 0 Å². The van der Waals surface area contributed by atoms with Crippen LogP contribution in [0.3, 0.4) is 0 Å². The minimum absolute atomic E-state index is 0.0617. The topological polar surface area (TPSA) is 57.8 Å². The second kappa shape index (κ2) is 4.06. The number of para-hydroxylation sites is 1. The average Bonchev–Trinajstić information content (AvgIpc) is 3.04. The molecule has 0 saturated carbocycles. The number of aromatic amines is 1. The van der Waals surface area contributed by atoms with Crippen molar-refractivity contribution in [1.82, 2.24) is 9.97 Å². The number of H-pyrrole nitrogens is 1. The molecule has 0 radical (unpaired) electrons. The van der Waals surface area contributed by atoms with Crippen molar-refractivity contribution >= 4 is 34.3 Å². The summed E-state index contributed by atoms with van der Waals surface area (Å²) in [5.74, 6) is -0.0617. The highest BCUT2D eigenvalue weighted by molar-refractivity contribution is 6.34. The van der Waals surface area contributed by atoms with Crippen molar-refractivity contribution in [2.24, 2.45) is 0 Å². The number of nitrogens with one attached hydrogen (secondary N) is 2. The minimum Gasteiger partial charge on any atom is -0.345 e. The largest absolute Gasteiger partial charge is 0.345 e. The summed E-state index contributed by atoms with van der Waals surface area (Å²) in [5.41, 5.74) is 5.35. The molecule has 4 nitrogen and oxygen atoms in total. The molecule has 2 N–H and O–H groups in total. The number of rotatable bonds is 1. The van der Waals surface area contributed by atoms with E-state index < -0.39 is 0 Å². The van der Waals surface area contributed by atoms with Gasteiger partial charge in [0.25, 0.3) is 5.91 Å². The highest BCUT2D eigenvalue weighted by Gasteiger charge is 2.23. The zero-order valence-corrected chi connectivity index (χ0v) is 10.6. The summed E-state index contributed by atoms with van der Waals surface area (Å²) in [6, 6.07) is 13.6. The van der Waals surface area contributed by atoms with E-state index in [2.05, 4.69) is 15.3 Å². The maximum atomic E-state index is 12.0. The van der Waals surface area contributed by atoms with E-state index >= 15 is 0 Å². The minimum atomic E-state index is -0.0617. The summed E-state index contributed by atoms with van der Waals surface area (Å²) in [6.45, 7) is 0. The van der Waals surface area contributed by atoms with E-state index in [4.69, 9.17) is 0 Å². The first-order valence-corrected chi connectivity index (χ1v) is 6.37. The van der Waals surface area contributed by atoms with E-state index in [1.54, 1.807) is 6.33 Å². The fraction of sp³-hybridized carbons (Fsp3) is 0. The van der Waals surface area contributed by atoms with Gasteiger partial charge in [-0.3, -0.25) is 4.79 Å². The number of imidazole rings is 1. The molecule has 1 aromatic heterocycles.